The Balaban J connectivity index is 2.01. The average molecular weight is 252 g/mol. The topological polar surface area (TPSA) is 38.9 Å². The molecule has 0 radical (unpaired) electrons. The van der Waals surface area contributed by atoms with Crippen molar-refractivity contribution in [3.8, 4) is 0 Å². The zero-order valence-corrected chi connectivity index (χ0v) is 10.5. The van der Waals surface area contributed by atoms with Crippen LogP contribution in [0.5, 0.6) is 0 Å². The summed E-state index contributed by atoms with van der Waals surface area (Å²) in [6.45, 7) is 0. The highest BCUT2D eigenvalue weighted by molar-refractivity contribution is 7.19. The van der Waals surface area contributed by atoms with Crippen molar-refractivity contribution in [2.24, 2.45) is 5.73 Å². The molecule has 0 amide bonds. The molecule has 0 aliphatic carbocycles. The summed E-state index contributed by atoms with van der Waals surface area (Å²) in [7, 11) is 0. The number of fused-ring (bicyclic) bond motifs is 1. The molecule has 88 valence electrons. The number of hydrogen-bond donors (Lipinski definition) is 1. The van der Waals surface area contributed by atoms with Crippen molar-refractivity contribution in [2.75, 3.05) is 0 Å². The normalized spacial score (nSPS) is 11.9. The maximum atomic E-state index is 6.10. The smallest absolute Gasteiger partial charge is 0.140 e. The molecule has 2 aromatic carbocycles. The summed E-state index contributed by atoms with van der Waals surface area (Å²) in [5.74, 6) is 0. The van der Waals surface area contributed by atoms with E-state index >= 15 is 0 Å². The van der Waals surface area contributed by atoms with Crippen LogP contribution in [0.25, 0.3) is 22.0 Å². The molecule has 2 nitrogen and oxygen atoms in total. The number of nitrogens with zero attached hydrogens (tertiary/aromatic N) is 1. The molecule has 0 saturated carbocycles. The van der Waals surface area contributed by atoms with Gasteiger partial charge < -0.3 is 5.73 Å². The van der Waals surface area contributed by atoms with Gasteiger partial charge in [0.15, 0.2) is 0 Å². The minimum Gasteiger partial charge on any atom is -0.396 e. The Morgan fingerprint density at radius 1 is 1.00 bits per heavy atom. The van der Waals surface area contributed by atoms with Gasteiger partial charge in [-0.25, -0.2) is 4.98 Å². The van der Waals surface area contributed by atoms with E-state index in [1.54, 1.807) is 11.3 Å². The van der Waals surface area contributed by atoms with Gasteiger partial charge in [-0.05, 0) is 23.8 Å². The van der Waals surface area contributed by atoms with Crippen LogP contribution in [-0.2, 0) is 0 Å². The van der Waals surface area contributed by atoms with Crippen molar-refractivity contribution in [1.82, 2.24) is 4.98 Å². The lowest BCUT2D eigenvalue weighted by Crippen LogP contribution is -1.94. The molecule has 0 unspecified atom stereocenters. The number of rotatable bonds is 2. The molecular weight excluding hydrogens is 240 g/mol. The molecular formula is C15H12N2S. The Kier molecular flexibility index (Phi) is 2.82. The van der Waals surface area contributed by atoms with Crippen LogP contribution in [0.15, 0.2) is 54.6 Å². The quantitative estimate of drug-likeness (QED) is 0.754. The first kappa shape index (κ1) is 11.0. The zero-order valence-electron chi connectivity index (χ0n) is 9.71. The van der Waals surface area contributed by atoms with Gasteiger partial charge in [-0.2, -0.15) is 0 Å². The third-order valence-electron chi connectivity index (χ3n) is 2.66. The van der Waals surface area contributed by atoms with E-state index in [4.69, 9.17) is 5.73 Å². The second kappa shape index (κ2) is 4.63. The Bertz CT molecular complexity index is 666. The fourth-order valence-corrected chi connectivity index (χ4v) is 2.68. The Morgan fingerprint density at radius 3 is 2.50 bits per heavy atom. The van der Waals surface area contributed by atoms with Gasteiger partial charge in [0, 0.05) is 0 Å². The SMILES string of the molecule is NC(=Cc1ccccc1)c1nc2ccccc2s1. The number of para-hydroxylation sites is 1. The van der Waals surface area contributed by atoms with Crippen molar-refractivity contribution in [3.05, 3.63) is 65.2 Å². The predicted octanol–water partition coefficient (Wildman–Crippen LogP) is 3.75. The number of aromatic nitrogens is 1. The highest BCUT2D eigenvalue weighted by Crippen LogP contribution is 2.25. The summed E-state index contributed by atoms with van der Waals surface area (Å²) in [5.41, 5.74) is 8.90. The molecule has 0 aliphatic heterocycles. The maximum Gasteiger partial charge on any atom is 0.140 e. The monoisotopic (exact) mass is 252 g/mol. The van der Waals surface area contributed by atoms with E-state index in [9.17, 15) is 0 Å². The van der Waals surface area contributed by atoms with Crippen molar-refractivity contribution in [3.63, 3.8) is 0 Å². The fourth-order valence-electron chi connectivity index (χ4n) is 1.79. The van der Waals surface area contributed by atoms with Crippen LogP contribution in [0.3, 0.4) is 0 Å². The number of nitrogens with two attached hydrogens (primary N) is 1. The van der Waals surface area contributed by atoms with Gasteiger partial charge in [0.25, 0.3) is 0 Å². The van der Waals surface area contributed by atoms with E-state index in [0.29, 0.717) is 5.70 Å². The maximum absolute atomic E-state index is 6.10. The van der Waals surface area contributed by atoms with Gasteiger partial charge in [-0.15, -0.1) is 11.3 Å². The Hall–Kier alpha value is -2.13. The lowest BCUT2D eigenvalue weighted by atomic mass is 10.2. The molecule has 3 rings (SSSR count). The van der Waals surface area contributed by atoms with E-state index in [1.807, 2.05) is 54.6 Å². The minimum absolute atomic E-state index is 0.711. The number of benzene rings is 2. The molecule has 18 heavy (non-hydrogen) atoms. The van der Waals surface area contributed by atoms with E-state index < -0.39 is 0 Å². The van der Waals surface area contributed by atoms with E-state index in [0.717, 1.165) is 20.8 Å². The average Bonchev–Trinajstić information content (AvgIpc) is 2.84. The molecule has 1 aromatic heterocycles. The third kappa shape index (κ3) is 2.13. The van der Waals surface area contributed by atoms with Crippen molar-refractivity contribution in [1.29, 1.82) is 0 Å². The molecule has 1 heterocycles. The van der Waals surface area contributed by atoms with Crippen LogP contribution >= 0.6 is 11.3 Å². The third-order valence-corrected chi connectivity index (χ3v) is 3.75. The van der Waals surface area contributed by atoms with Crippen molar-refractivity contribution >= 4 is 33.3 Å². The second-order valence-corrected chi connectivity index (χ2v) is 5.03. The second-order valence-electron chi connectivity index (χ2n) is 4.00. The lowest BCUT2D eigenvalue weighted by Gasteiger charge is -1.96. The van der Waals surface area contributed by atoms with Crippen LogP contribution < -0.4 is 5.73 Å². The molecule has 0 spiro atoms. The van der Waals surface area contributed by atoms with Gasteiger partial charge in [0.05, 0.1) is 15.9 Å². The first-order valence-electron chi connectivity index (χ1n) is 5.71. The highest BCUT2D eigenvalue weighted by Gasteiger charge is 2.05. The summed E-state index contributed by atoms with van der Waals surface area (Å²) in [5, 5.41) is 0.875. The van der Waals surface area contributed by atoms with Crippen molar-refractivity contribution in [2.45, 2.75) is 0 Å². The molecule has 0 fully saturated rings. The Morgan fingerprint density at radius 2 is 1.72 bits per heavy atom. The lowest BCUT2D eigenvalue weighted by molar-refractivity contribution is 1.41. The molecule has 2 N–H and O–H groups in total. The molecule has 3 aromatic rings. The first-order chi connectivity index (χ1) is 8.83. The zero-order chi connectivity index (χ0) is 12.4. The number of hydrogen-bond acceptors (Lipinski definition) is 3. The minimum atomic E-state index is 0.711. The van der Waals surface area contributed by atoms with E-state index in [1.165, 1.54) is 0 Å². The first-order valence-corrected chi connectivity index (χ1v) is 6.53. The number of thiazole rings is 1. The summed E-state index contributed by atoms with van der Waals surface area (Å²) in [6, 6.07) is 18.1. The van der Waals surface area contributed by atoms with Gasteiger partial charge >= 0.3 is 0 Å². The fraction of sp³-hybridized carbons (Fsp3) is 0. The largest absolute Gasteiger partial charge is 0.396 e. The van der Waals surface area contributed by atoms with Crippen LogP contribution in [0, 0.1) is 0 Å². The van der Waals surface area contributed by atoms with Gasteiger partial charge in [-0.1, -0.05) is 42.5 Å². The van der Waals surface area contributed by atoms with E-state index in [-0.39, 0.29) is 0 Å². The highest BCUT2D eigenvalue weighted by atomic mass is 32.1. The van der Waals surface area contributed by atoms with Crippen LogP contribution in [-0.4, -0.2) is 4.98 Å². The summed E-state index contributed by atoms with van der Waals surface area (Å²) in [6.07, 6.45) is 1.96. The summed E-state index contributed by atoms with van der Waals surface area (Å²) >= 11 is 1.62. The Labute approximate surface area is 109 Å². The van der Waals surface area contributed by atoms with Crippen LogP contribution in [0.4, 0.5) is 0 Å². The molecule has 0 aliphatic rings. The van der Waals surface area contributed by atoms with Gasteiger partial charge in [0.2, 0.25) is 0 Å². The molecule has 0 atom stereocenters. The van der Waals surface area contributed by atoms with E-state index in [2.05, 4.69) is 11.1 Å². The molecule has 3 heteroatoms. The predicted molar refractivity (Wildman–Crippen MR) is 78.1 cm³/mol. The van der Waals surface area contributed by atoms with Crippen molar-refractivity contribution < 1.29 is 0 Å². The summed E-state index contributed by atoms with van der Waals surface area (Å²) < 4.78 is 1.16. The van der Waals surface area contributed by atoms with Gasteiger partial charge in [-0.3, -0.25) is 0 Å². The molecule has 0 saturated heterocycles. The van der Waals surface area contributed by atoms with Crippen LogP contribution in [0.1, 0.15) is 10.6 Å². The van der Waals surface area contributed by atoms with Gasteiger partial charge in [0.1, 0.15) is 5.01 Å². The van der Waals surface area contributed by atoms with Crippen LogP contribution in [0.2, 0.25) is 0 Å². The standard InChI is InChI=1S/C15H12N2S/c16-12(10-11-6-2-1-3-7-11)15-17-13-8-4-5-9-14(13)18-15/h1-10H,16H2. The summed E-state index contributed by atoms with van der Waals surface area (Å²) in [4.78, 5) is 4.53. The molecule has 0 bridgehead atoms.